The largest absolute Gasteiger partial charge is 0.508 e. The fourth-order valence-corrected chi connectivity index (χ4v) is 3.83. The molecule has 1 atom stereocenters. The molecule has 0 unspecified atom stereocenters. The molecular formula is C22H20N2O6. The Morgan fingerprint density at radius 3 is 2.63 bits per heavy atom. The molecule has 0 saturated heterocycles. The van der Waals surface area contributed by atoms with Crippen molar-refractivity contribution in [1.29, 1.82) is 0 Å². The van der Waals surface area contributed by atoms with E-state index in [2.05, 4.69) is 5.32 Å². The standard InChI is InChI=1S/C22H20N2O6/c1-29-14-6-7-17(18(9-14)30-2)24-11-16(22(27)28)20-21(24)15(10-19(26)23-20)12-4-3-5-13(25)8-12/h3-9,11,15,25H,10H2,1-2H3,(H,23,26)(H,27,28)/t15-/m0/s1. The Labute approximate surface area is 172 Å². The topological polar surface area (TPSA) is 110 Å². The second-order valence-electron chi connectivity index (χ2n) is 6.92. The summed E-state index contributed by atoms with van der Waals surface area (Å²) in [7, 11) is 3.06. The van der Waals surface area contributed by atoms with Crippen LogP contribution < -0.4 is 14.8 Å². The second kappa shape index (κ2) is 7.47. The quantitative estimate of drug-likeness (QED) is 0.597. The molecule has 0 radical (unpaired) electrons. The van der Waals surface area contributed by atoms with Crippen LogP contribution in [0.3, 0.4) is 0 Å². The molecule has 1 aliphatic heterocycles. The molecule has 0 aliphatic carbocycles. The van der Waals surface area contributed by atoms with Gasteiger partial charge in [-0.3, -0.25) is 4.79 Å². The summed E-state index contributed by atoms with van der Waals surface area (Å²) in [5.41, 5.74) is 2.12. The first-order valence-electron chi connectivity index (χ1n) is 9.22. The van der Waals surface area contributed by atoms with Gasteiger partial charge in [0, 0.05) is 24.6 Å². The van der Waals surface area contributed by atoms with Crippen LogP contribution in [0.15, 0.2) is 48.7 Å². The van der Waals surface area contributed by atoms with Crippen LogP contribution >= 0.6 is 0 Å². The van der Waals surface area contributed by atoms with Crippen molar-refractivity contribution >= 4 is 17.6 Å². The Morgan fingerprint density at radius 1 is 1.17 bits per heavy atom. The molecule has 3 aromatic rings. The number of benzene rings is 2. The lowest BCUT2D eigenvalue weighted by Crippen LogP contribution is -2.25. The highest BCUT2D eigenvalue weighted by atomic mass is 16.5. The number of aromatic carboxylic acids is 1. The van der Waals surface area contributed by atoms with Crippen molar-refractivity contribution in [2.75, 3.05) is 19.5 Å². The molecule has 8 heteroatoms. The number of nitrogens with one attached hydrogen (secondary N) is 1. The van der Waals surface area contributed by atoms with Crippen LogP contribution in [0.5, 0.6) is 17.2 Å². The molecule has 0 spiro atoms. The number of hydrogen-bond donors (Lipinski definition) is 3. The van der Waals surface area contributed by atoms with Gasteiger partial charge in [0.15, 0.2) is 0 Å². The molecule has 1 amide bonds. The first-order valence-corrected chi connectivity index (χ1v) is 9.22. The minimum absolute atomic E-state index is 0.0268. The SMILES string of the molecule is COc1ccc(-n2cc(C(=O)O)c3c2[C@H](c2cccc(O)c2)CC(=O)N3)c(OC)c1. The van der Waals surface area contributed by atoms with Gasteiger partial charge in [0.2, 0.25) is 5.91 Å². The van der Waals surface area contributed by atoms with Crippen LogP contribution in [0.25, 0.3) is 5.69 Å². The highest BCUT2D eigenvalue weighted by Gasteiger charge is 2.35. The van der Waals surface area contributed by atoms with Crippen LogP contribution in [-0.2, 0) is 4.79 Å². The van der Waals surface area contributed by atoms with Crippen molar-refractivity contribution in [3.05, 3.63) is 65.5 Å². The summed E-state index contributed by atoms with van der Waals surface area (Å²) < 4.78 is 12.5. The smallest absolute Gasteiger partial charge is 0.339 e. The van der Waals surface area contributed by atoms with Crippen molar-refractivity contribution in [3.63, 3.8) is 0 Å². The Morgan fingerprint density at radius 2 is 1.97 bits per heavy atom. The zero-order chi connectivity index (χ0) is 21.4. The number of aromatic nitrogens is 1. The van der Waals surface area contributed by atoms with E-state index in [9.17, 15) is 19.8 Å². The maximum atomic E-state index is 12.4. The first kappa shape index (κ1) is 19.4. The number of nitrogens with zero attached hydrogens (tertiary/aromatic N) is 1. The van der Waals surface area contributed by atoms with Crippen molar-refractivity contribution in [3.8, 4) is 22.9 Å². The number of carboxylic acid groups (broad SMARTS) is 1. The Hall–Kier alpha value is -3.94. The zero-order valence-corrected chi connectivity index (χ0v) is 16.4. The summed E-state index contributed by atoms with van der Waals surface area (Å²) in [5.74, 6) is -0.768. The van der Waals surface area contributed by atoms with Crippen molar-refractivity contribution in [2.45, 2.75) is 12.3 Å². The number of carbonyl (C=O) groups excluding carboxylic acids is 1. The molecule has 4 rings (SSSR count). The number of ether oxygens (including phenoxy) is 2. The summed E-state index contributed by atoms with van der Waals surface area (Å²) in [5, 5.41) is 22.4. The molecule has 0 fully saturated rings. The van der Waals surface area contributed by atoms with Gasteiger partial charge in [-0.1, -0.05) is 12.1 Å². The summed E-state index contributed by atoms with van der Waals surface area (Å²) >= 11 is 0. The number of amides is 1. The lowest BCUT2D eigenvalue weighted by molar-refractivity contribution is -0.116. The molecule has 2 aromatic carbocycles. The monoisotopic (exact) mass is 408 g/mol. The third-order valence-corrected chi connectivity index (χ3v) is 5.18. The fourth-order valence-electron chi connectivity index (χ4n) is 3.83. The minimum atomic E-state index is -1.16. The summed E-state index contributed by atoms with van der Waals surface area (Å²) in [4.78, 5) is 24.3. The molecule has 30 heavy (non-hydrogen) atoms. The molecule has 154 valence electrons. The van der Waals surface area contributed by atoms with Gasteiger partial charge < -0.3 is 29.6 Å². The molecule has 3 N–H and O–H groups in total. The number of carboxylic acids is 1. The van der Waals surface area contributed by atoms with Crippen molar-refractivity contribution in [1.82, 2.24) is 4.57 Å². The minimum Gasteiger partial charge on any atom is -0.508 e. The zero-order valence-electron chi connectivity index (χ0n) is 16.4. The van der Waals surface area contributed by atoms with E-state index in [1.165, 1.54) is 13.3 Å². The number of aromatic hydroxyl groups is 1. The van der Waals surface area contributed by atoms with Crippen LogP contribution in [0.4, 0.5) is 5.69 Å². The molecule has 1 aliphatic rings. The Balaban J connectivity index is 1.99. The van der Waals surface area contributed by atoms with E-state index in [4.69, 9.17) is 9.47 Å². The molecule has 1 aromatic heterocycles. The van der Waals surface area contributed by atoms with Crippen molar-refractivity contribution < 1.29 is 29.3 Å². The van der Waals surface area contributed by atoms with E-state index in [-0.39, 0.29) is 29.3 Å². The highest BCUT2D eigenvalue weighted by molar-refractivity contribution is 6.04. The molecule has 2 heterocycles. The number of anilines is 1. The second-order valence-corrected chi connectivity index (χ2v) is 6.92. The third-order valence-electron chi connectivity index (χ3n) is 5.18. The average molecular weight is 408 g/mol. The number of carbonyl (C=O) groups is 2. The maximum Gasteiger partial charge on any atom is 0.339 e. The van der Waals surface area contributed by atoms with Gasteiger partial charge in [0.1, 0.15) is 22.8 Å². The van der Waals surface area contributed by atoms with Gasteiger partial charge in [-0.05, 0) is 29.8 Å². The fraction of sp³-hybridized carbons (Fsp3) is 0.182. The molecule has 0 bridgehead atoms. The third kappa shape index (κ3) is 3.22. The lowest BCUT2D eigenvalue weighted by Gasteiger charge is -2.26. The van der Waals surface area contributed by atoms with Gasteiger partial charge in [-0.15, -0.1) is 0 Å². The maximum absolute atomic E-state index is 12.4. The Kier molecular flexibility index (Phi) is 4.83. The van der Waals surface area contributed by atoms with Crippen LogP contribution in [0.2, 0.25) is 0 Å². The molecular weight excluding hydrogens is 388 g/mol. The average Bonchev–Trinajstić information content (AvgIpc) is 3.12. The number of rotatable bonds is 5. The van der Waals surface area contributed by atoms with Crippen LogP contribution in [0.1, 0.15) is 34.0 Å². The van der Waals surface area contributed by atoms with E-state index >= 15 is 0 Å². The summed E-state index contributed by atoms with van der Waals surface area (Å²) in [6.07, 6.45) is 1.58. The number of phenols is 1. The molecule has 0 saturated carbocycles. The highest BCUT2D eigenvalue weighted by Crippen LogP contribution is 2.43. The normalized spacial score (nSPS) is 15.3. The predicted molar refractivity (Wildman–Crippen MR) is 109 cm³/mol. The number of hydrogen-bond acceptors (Lipinski definition) is 5. The number of fused-ring (bicyclic) bond motifs is 1. The number of methoxy groups -OCH3 is 2. The summed E-state index contributed by atoms with van der Waals surface area (Å²) in [6.45, 7) is 0. The van der Waals surface area contributed by atoms with E-state index in [0.29, 0.717) is 28.4 Å². The molecule has 8 nitrogen and oxygen atoms in total. The summed E-state index contributed by atoms with van der Waals surface area (Å²) in [6, 6.07) is 11.8. The van der Waals surface area contributed by atoms with E-state index < -0.39 is 11.9 Å². The van der Waals surface area contributed by atoms with Gasteiger partial charge in [-0.2, -0.15) is 0 Å². The lowest BCUT2D eigenvalue weighted by atomic mass is 9.88. The van der Waals surface area contributed by atoms with E-state index in [1.54, 1.807) is 54.1 Å². The van der Waals surface area contributed by atoms with E-state index in [1.807, 2.05) is 0 Å². The van der Waals surface area contributed by atoms with Gasteiger partial charge >= 0.3 is 5.97 Å². The number of phenolic OH excluding ortho intramolecular Hbond substituents is 1. The predicted octanol–water partition coefficient (Wildman–Crippen LogP) is 3.37. The van der Waals surface area contributed by atoms with Gasteiger partial charge in [0.25, 0.3) is 0 Å². The van der Waals surface area contributed by atoms with E-state index in [0.717, 1.165) is 0 Å². The first-order chi connectivity index (χ1) is 14.4. The Bertz CT molecular complexity index is 1150. The van der Waals surface area contributed by atoms with Crippen LogP contribution in [0, 0.1) is 0 Å². The van der Waals surface area contributed by atoms with Gasteiger partial charge in [-0.25, -0.2) is 4.79 Å². The van der Waals surface area contributed by atoms with Crippen molar-refractivity contribution in [2.24, 2.45) is 0 Å². The van der Waals surface area contributed by atoms with Crippen LogP contribution in [-0.4, -0.2) is 40.9 Å². The van der Waals surface area contributed by atoms with Gasteiger partial charge in [0.05, 0.1) is 31.3 Å².